The zero-order valence-electron chi connectivity index (χ0n) is 16.0. The van der Waals surface area contributed by atoms with Crippen molar-refractivity contribution >= 4 is 8.32 Å². The smallest absolute Gasteiger partial charge is 0.188 e. The van der Waals surface area contributed by atoms with Crippen molar-refractivity contribution < 1.29 is 14.3 Å². The van der Waals surface area contributed by atoms with Gasteiger partial charge in [-0.3, -0.25) is 0 Å². The third-order valence-electron chi connectivity index (χ3n) is 4.89. The van der Waals surface area contributed by atoms with Gasteiger partial charge in [-0.15, -0.1) is 0 Å². The Morgan fingerprint density at radius 3 is 2.38 bits per heavy atom. The van der Waals surface area contributed by atoms with Gasteiger partial charge in [-0.2, -0.15) is 0 Å². The Morgan fingerprint density at radius 1 is 1.12 bits per heavy atom. The molecule has 0 aliphatic rings. The monoisotopic (exact) mass is 353 g/mol. The van der Waals surface area contributed by atoms with Crippen LogP contribution in [0.15, 0.2) is 18.2 Å². The van der Waals surface area contributed by atoms with E-state index in [4.69, 9.17) is 15.2 Å². The summed E-state index contributed by atoms with van der Waals surface area (Å²) in [5, 5.41) is -0.0157. The van der Waals surface area contributed by atoms with Gasteiger partial charge >= 0.3 is 0 Å². The molecule has 1 rings (SSSR count). The molecule has 0 heterocycles. The van der Waals surface area contributed by atoms with E-state index in [0.29, 0.717) is 13.2 Å². The summed E-state index contributed by atoms with van der Waals surface area (Å²) in [6.45, 7) is 12.2. The van der Waals surface area contributed by atoms with Crippen molar-refractivity contribution in [1.29, 1.82) is 0 Å². The van der Waals surface area contributed by atoms with Crippen LogP contribution in [0.3, 0.4) is 0 Å². The summed E-state index contributed by atoms with van der Waals surface area (Å²) in [5.74, 6) is 1.64. The minimum atomic E-state index is -2.16. The number of nitrogens with two attached hydrogens (primary N) is 1. The summed E-state index contributed by atoms with van der Waals surface area (Å²) < 4.78 is 11.7. The van der Waals surface area contributed by atoms with Crippen LogP contribution in [0.4, 0.5) is 0 Å². The van der Waals surface area contributed by atoms with E-state index in [-0.39, 0.29) is 5.04 Å². The second kappa shape index (κ2) is 9.44. The lowest BCUT2D eigenvalue weighted by molar-refractivity contribution is 0.284. The molecular weight excluding hydrogens is 318 g/mol. The highest BCUT2D eigenvalue weighted by atomic mass is 28.4. The summed E-state index contributed by atoms with van der Waals surface area (Å²) in [6.07, 6.45) is 4.03. The van der Waals surface area contributed by atoms with E-state index in [1.54, 1.807) is 0 Å². The number of hydrogen-bond acceptors (Lipinski definition) is 4. The van der Waals surface area contributed by atoms with Gasteiger partial charge in [0.05, 0.1) is 13.2 Å². The van der Waals surface area contributed by atoms with Gasteiger partial charge in [-0.1, -0.05) is 33.3 Å². The number of benzene rings is 1. The maximum Gasteiger partial charge on any atom is 0.188 e. The molecule has 0 radical (unpaired) electrons. The van der Waals surface area contributed by atoms with Crippen molar-refractivity contribution in [3.63, 3.8) is 0 Å². The predicted octanol–water partition coefficient (Wildman–Crippen LogP) is 4.46. The van der Waals surface area contributed by atoms with Gasteiger partial charge in [0.15, 0.2) is 8.32 Å². The Balaban J connectivity index is 2.58. The molecule has 0 unspecified atom stereocenters. The van der Waals surface area contributed by atoms with Gasteiger partial charge in [0.2, 0.25) is 0 Å². The van der Waals surface area contributed by atoms with Gasteiger partial charge in [-0.25, -0.2) is 0 Å². The predicted molar refractivity (Wildman–Crippen MR) is 103 cm³/mol. The molecule has 1 aromatic carbocycles. The van der Waals surface area contributed by atoms with Crippen LogP contribution in [-0.2, 0) is 6.54 Å². The minimum absolute atomic E-state index is 0.0157. The van der Waals surface area contributed by atoms with Crippen LogP contribution in [0.2, 0.25) is 18.1 Å². The first kappa shape index (κ1) is 21.0. The summed E-state index contributed by atoms with van der Waals surface area (Å²) >= 11 is 0. The van der Waals surface area contributed by atoms with Crippen molar-refractivity contribution in [2.45, 2.75) is 71.1 Å². The van der Waals surface area contributed by atoms with Crippen LogP contribution in [0.1, 0.15) is 52.0 Å². The average Bonchev–Trinajstić information content (AvgIpc) is 2.51. The first-order valence-electron chi connectivity index (χ1n) is 9.02. The SMILES string of the molecule is CCCCOc1ccc(CN)c(OCCCC(C)(C)[Si](C)(C)O)c1. The van der Waals surface area contributed by atoms with Gasteiger partial charge in [0.25, 0.3) is 0 Å². The van der Waals surface area contributed by atoms with Crippen molar-refractivity contribution in [3.8, 4) is 11.5 Å². The molecular formula is C19H35NO3Si. The molecule has 0 saturated carbocycles. The van der Waals surface area contributed by atoms with Crippen LogP contribution in [-0.4, -0.2) is 26.3 Å². The molecule has 0 aromatic heterocycles. The van der Waals surface area contributed by atoms with Crippen LogP contribution in [0.5, 0.6) is 11.5 Å². The summed E-state index contributed by atoms with van der Waals surface area (Å²) in [5.41, 5.74) is 6.80. The van der Waals surface area contributed by atoms with Gasteiger partial charge in [0.1, 0.15) is 11.5 Å². The molecule has 0 aliphatic heterocycles. The van der Waals surface area contributed by atoms with Crippen molar-refractivity contribution in [1.82, 2.24) is 0 Å². The lowest BCUT2D eigenvalue weighted by atomic mass is 10.1. The van der Waals surface area contributed by atoms with E-state index in [1.807, 2.05) is 31.3 Å². The van der Waals surface area contributed by atoms with Crippen molar-refractivity contribution in [3.05, 3.63) is 23.8 Å². The first-order valence-corrected chi connectivity index (χ1v) is 12.0. The summed E-state index contributed by atoms with van der Waals surface area (Å²) in [4.78, 5) is 10.3. The van der Waals surface area contributed by atoms with E-state index in [9.17, 15) is 4.80 Å². The van der Waals surface area contributed by atoms with Crippen LogP contribution in [0.25, 0.3) is 0 Å². The molecule has 0 spiro atoms. The molecule has 4 nitrogen and oxygen atoms in total. The molecule has 24 heavy (non-hydrogen) atoms. The highest BCUT2D eigenvalue weighted by molar-refractivity contribution is 6.72. The second-order valence-corrected chi connectivity index (χ2v) is 12.0. The highest BCUT2D eigenvalue weighted by Gasteiger charge is 2.37. The molecule has 0 bridgehead atoms. The van der Waals surface area contributed by atoms with E-state index < -0.39 is 8.32 Å². The number of rotatable bonds is 11. The molecule has 0 saturated heterocycles. The molecule has 0 fully saturated rings. The Kier molecular flexibility index (Phi) is 8.26. The fourth-order valence-corrected chi connectivity index (χ4v) is 3.05. The molecule has 0 aliphatic carbocycles. The fourth-order valence-electron chi connectivity index (χ4n) is 2.26. The average molecular weight is 354 g/mol. The molecule has 3 N–H and O–H groups in total. The quantitative estimate of drug-likeness (QED) is 0.455. The maximum atomic E-state index is 10.3. The third kappa shape index (κ3) is 6.46. The first-order chi connectivity index (χ1) is 11.2. The van der Waals surface area contributed by atoms with Crippen molar-refractivity contribution in [2.24, 2.45) is 5.73 Å². The number of ether oxygens (including phenoxy) is 2. The standard InChI is InChI=1S/C19H35NO3Si/c1-6-7-12-22-17-10-9-16(15-20)18(14-17)23-13-8-11-19(2,3)24(4,5)21/h9-10,14,21H,6-8,11-13,15,20H2,1-5H3. The highest BCUT2D eigenvalue weighted by Crippen LogP contribution is 2.39. The third-order valence-corrected chi connectivity index (χ3v) is 8.45. The largest absolute Gasteiger partial charge is 0.493 e. The van der Waals surface area contributed by atoms with Crippen LogP contribution >= 0.6 is 0 Å². The zero-order valence-corrected chi connectivity index (χ0v) is 17.0. The molecule has 0 atom stereocenters. The Bertz CT molecular complexity index is 498. The number of unbranched alkanes of at least 4 members (excludes halogenated alkanes) is 1. The van der Waals surface area contributed by atoms with Crippen LogP contribution < -0.4 is 15.2 Å². The molecule has 0 amide bonds. The molecule has 5 heteroatoms. The Labute approximate surface area is 148 Å². The Hall–Kier alpha value is -1.04. The summed E-state index contributed by atoms with van der Waals surface area (Å²) in [7, 11) is -2.16. The van der Waals surface area contributed by atoms with Crippen LogP contribution in [0, 0.1) is 0 Å². The lowest BCUT2D eigenvalue weighted by Gasteiger charge is -2.35. The van der Waals surface area contributed by atoms with Gasteiger partial charge < -0.3 is 20.0 Å². The van der Waals surface area contributed by atoms with E-state index in [2.05, 4.69) is 20.8 Å². The normalized spacial score (nSPS) is 12.3. The molecule has 1 aromatic rings. The second-order valence-electron chi connectivity index (χ2n) is 7.57. The topological polar surface area (TPSA) is 64.7 Å². The maximum absolute atomic E-state index is 10.3. The van der Waals surface area contributed by atoms with Crippen molar-refractivity contribution in [2.75, 3.05) is 13.2 Å². The lowest BCUT2D eigenvalue weighted by Crippen LogP contribution is -2.39. The summed E-state index contributed by atoms with van der Waals surface area (Å²) in [6, 6.07) is 5.87. The zero-order chi connectivity index (χ0) is 18.2. The van der Waals surface area contributed by atoms with Gasteiger partial charge in [0, 0.05) is 18.2 Å². The number of hydrogen-bond donors (Lipinski definition) is 2. The fraction of sp³-hybridized carbons (Fsp3) is 0.684. The molecule has 138 valence electrons. The van der Waals surface area contributed by atoms with Gasteiger partial charge in [-0.05, 0) is 43.5 Å². The van der Waals surface area contributed by atoms with E-state index >= 15 is 0 Å². The minimum Gasteiger partial charge on any atom is -0.493 e. The Morgan fingerprint density at radius 2 is 1.79 bits per heavy atom. The van der Waals surface area contributed by atoms with E-state index in [0.717, 1.165) is 49.4 Å². The van der Waals surface area contributed by atoms with E-state index in [1.165, 1.54) is 0 Å².